The first-order valence-corrected chi connectivity index (χ1v) is 12.0. The Kier molecular flexibility index (Phi) is 9.40. The second kappa shape index (κ2) is 12.5. The van der Waals surface area contributed by atoms with Gasteiger partial charge < -0.3 is 20.9 Å². The number of aromatic nitrogens is 2. The number of hydrogen-bond donors (Lipinski definition) is 3. The van der Waals surface area contributed by atoms with Crippen LogP contribution in [-0.2, 0) is 11.3 Å². The third-order valence-corrected chi connectivity index (χ3v) is 6.37. The molecule has 0 aliphatic rings. The van der Waals surface area contributed by atoms with E-state index >= 15 is 0 Å². The van der Waals surface area contributed by atoms with E-state index in [2.05, 4.69) is 15.3 Å². The van der Waals surface area contributed by atoms with Crippen LogP contribution in [0.2, 0.25) is 5.02 Å². The molecule has 0 unspecified atom stereocenters. The Morgan fingerprint density at radius 1 is 1.22 bits per heavy atom. The normalized spacial score (nSPS) is 11.6. The number of carbonyl (C=O) groups is 2. The fraction of sp³-hybridized carbons (Fsp3) is 0.200. The molecule has 3 aromatic rings. The highest BCUT2D eigenvalue weighted by Crippen LogP contribution is 2.34. The number of nitrogens with one attached hydrogen (secondary N) is 1. The molecule has 1 amide bonds. The van der Waals surface area contributed by atoms with E-state index in [4.69, 9.17) is 22.1 Å². The van der Waals surface area contributed by atoms with Crippen molar-refractivity contribution in [2.24, 2.45) is 0 Å². The van der Waals surface area contributed by atoms with Gasteiger partial charge in [-0.15, -0.1) is 0 Å². The molecule has 0 radical (unpaired) electrons. The maximum absolute atomic E-state index is 13.2. The molecule has 0 fully saturated rings. The van der Waals surface area contributed by atoms with Gasteiger partial charge in [0, 0.05) is 46.8 Å². The lowest BCUT2D eigenvalue weighted by atomic mass is 10.2. The predicted octanol–water partition coefficient (Wildman–Crippen LogP) is 4.80. The highest BCUT2D eigenvalue weighted by atomic mass is 35.5. The molecule has 0 aliphatic heterocycles. The first-order chi connectivity index (χ1) is 17.2. The number of aryl methyl sites for hydroxylation is 1. The van der Waals surface area contributed by atoms with Crippen LogP contribution in [0.15, 0.2) is 59.1 Å². The lowest BCUT2D eigenvalue weighted by Gasteiger charge is -2.14. The summed E-state index contributed by atoms with van der Waals surface area (Å²) in [6.45, 7) is 3.09. The molecular weight excluding hydrogens is 507 g/mol. The summed E-state index contributed by atoms with van der Waals surface area (Å²) in [4.78, 5) is 34.5. The fourth-order valence-corrected chi connectivity index (χ4v) is 4.15. The molecule has 36 heavy (non-hydrogen) atoms. The predicted molar refractivity (Wildman–Crippen MR) is 137 cm³/mol. The van der Waals surface area contributed by atoms with E-state index in [1.54, 1.807) is 19.9 Å². The van der Waals surface area contributed by atoms with Crippen LogP contribution in [0.1, 0.15) is 35.1 Å². The summed E-state index contributed by atoms with van der Waals surface area (Å²) in [5.41, 5.74) is 6.84. The van der Waals surface area contributed by atoms with E-state index in [1.807, 2.05) is 0 Å². The second-order valence-electron chi connectivity index (χ2n) is 7.62. The summed E-state index contributed by atoms with van der Waals surface area (Å²) in [6, 6.07) is 9.88. The van der Waals surface area contributed by atoms with Gasteiger partial charge in [-0.1, -0.05) is 23.4 Å². The Morgan fingerprint density at radius 2 is 1.94 bits per heavy atom. The van der Waals surface area contributed by atoms with E-state index in [0.29, 0.717) is 27.1 Å². The largest absolute Gasteiger partial charge is 0.457 e. The van der Waals surface area contributed by atoms with Gasteiger partial charge in [-0.25, -0.2) is 14.4 Å². The van der Waals surface area contributed by atoms with Crippen LogP contribution in [0.25, 0.3) is 0 Å². The molecule has 11 heteroatoms. The minimum Gasteiger partial charge on any atom is -0.457 e. The number of nitrogens with two attached hydrogens (primary N) is 1. The maximum atomic E-state index is 13.2. The zero-order chi connectivity index (χ0) is 26.2. The van der Waals surface area contributed by atoms with Crippen molar-refractivity contribution < 1.29 is 23.8 Å². The summed E-state index contributed by atoms with van der Waals surface area (Å²) in [5, 5.41) is 12.1. The second-order valence-corrected chi connectivity index (χ2v) is 9.12. The van der Waals surface area contributed by atoms with Crippen molar-refractivity contribution in [3.63, 3.8) is 0 Å². The van der Waals surface area contributed by atoms with Gasteiger partial charge in [0.25, 0.3) is 0 Å². The van der Waals surface area contributed by atoms with E-state index in [1.165, 1.54) is 42.6 Å². The minimum absolute atomic E-state index is 0.0835. The van der Waals surface area contributed by atoms with Crippen molar-refractivity contribution in [2.75, 3.05) is 12.3 Å². The van der Waals surface area contributed by atoms with E-state index in [9.17, 15) is 19.1 Å². The van der Waals surface area contributed by atoms with Crippen molar-refractivity contribution in [1.82, 2.24) is 15.3 Å². The van der Waals surface area contributed by atoms with Gasteiger partial charge >= 0.3 is 0 Å². The van der Waals surface area contributed by atoms with Crippen LogP contribution < -0.4 is 15.8 Å². The number of aliphatic hydroxyl groups excluding tert-OH is 1. The van der Waals surface area contributed by atoms with Crippen LogP contribution >= 0.6 is 23.4 Å². The molecular formula is C25H24ClFN4O4S. The number of nitrogen functional groups attached to an aromatic ring is 1. The monoisotopic (exact) mass is 530 g/mol. The molecule has 2 aromatic carbocycles. The summed E-state index contributed by atoms with van der Waals surface area (Å²) in [6.07, 6.45) is 1.62. The Bertz CT molecular complexity index is 1300. The summed E-state index contributed by atoms with van der Waals surface area (Å²) in [7, 11) is 0. The van der Waals surface area contributed by atoms with Gasteiger partial charge in [-0.2, -0.15) is 0 Å². The van der Waals surface area contributed by atoms with Gasteiger partial charge in [-0.05, 0) is 56.3 Å². The summed E-state index contributed by atoms with van der Waals surface area (Å²) < 4.78 is 19.0. The Morgan fingerprint density at radius 3 is 2.61 bits per heavy atom. The first kappa shape index (κ1) is 27.1. The van der Waals surface area contributed by atoms with E-state index in [-0.39, 0.29) is 42.3 Å². The molecule has 0 saturated heterocycles. The van der Waals surface area contributed by atoms with Crippen molar-refractivity contribution in [1.29, 1.82) is 0 Å². The Hall–Kier alpha value is -3.47. The summed E-state index contributed by atoms with van der Waals surface area (Å²) >= 11 is 6.91. The van der Waals surface area contributed by atoms with Crippen LogP contribution in [-0.4, -0.2) is 32.7 Å². The lowest BCUT2D eigenvalue weighted by molar-refractivity contribution is -0.117. The van der Waals surface area contributed by atoms with Gasteiger partial charge in [0.2, 0.25) is 11.0 Å². The zero-order valence-electron chi connectivity index (χ0n) is 19.5. The van der Waals surface area contributed by atoms with Gasteiger partial charge in [0.05, 0.1) is 5.56 Å². The third-order valence-electron chi connectivity index (χ3n) is 4.97. The van der Waals surface area contributed by atoms with Gasteiger partial charge in [-0.3, -0.25) is 9.59 Å². The van der Waals surface area contributed by atoms with Crippen molar-refractivity contribution in [3.05, 3.63) is 86.9 Å². The molecule has 4 N–H and O–H groups in total. The summed E-state index contributed by atoms with van der Waals surface area (Å²) in [5.74, 6) is 0.465. The van der Waals surface area contributed by atoms with Crippen LogP contribution in [0.4, 0.5) is 10.2 Å². The number of rotatable bonds is 9. The number of hydrogen-bond acceptors (Lipinski definition) is 8. The van der Waals surface area contributed by atoms with Crippen molar-refractivity contribution in [3.8, 4) is 11.5 Å². The van der Waals surface area contributed by atoms with E-state index < -0.39 is 16.8 Å². The molecule has 0 spiro atoms. The average molecular weight is 531 g/mol. The molecule has 1 heterocycles. The number of anilines is 1. The standard InChI is InChI=1S/C25H24ClFN4O4S/c1-14(24(33)30-13-16-12-29-15(2)31-23(16)28)22(9-10-32)36-25(34)20-11-17(26)3-8-21(20)35-19-6-4-18(27)5-7-19/h3-8,11-12,32H,9-10,13H2,1-2H3,(H,30,33)(H2,28,29,31)/b22-14-. The third kappa shape index (κ3) is 7.27. The highest BCUT2D eigenvalue weighted by molar-refractivity contribution is 8.17. The average Bonchev–Trinajstić information content (AvgIpc) is 2.85. The topological polar surface area (TPSA) is 127 Å². The number of benzene rings is 2. The molecule has 0 bridgehead atoms. The number of nitrogens with zero attached hydrogens (tertiary/aromatic N) is 2. The van der Waals surface area contributed by atoms with Crippen molar-refractivity contribution in [2.45, 2.75) is 26.8 Å². The van der Waals surface area contributed by atoms with Crippen molar-refractivity contribution >= 4 is 40.2 Å². The number of aliphatic hydroxyl groups is 1. The number of amides is 1. The Balaban J connectivity index is 1.79. The number of halogens is 2. The smallest absolute Gasteiger partial charge is 0.247 e. The van der Waals surface area contributed by atoms with Gasteiger partial charge in [0.15, 0.2) is 0 Å². The molecule has 1 aromatic heterocycles. The molecule has 3 rings (SSSR count). The van der Waals surface area contributed by atoms with Crippen LogP contribution in [0.5, 0.6) is 11.5 Å². The molecule has 0 atom stereocenters. The van der Waals surface area contributed by atoms with E-state index in [0.717, 1.165) is 11.8 Å². The van der Waals surface area contributed by atoms with Gasteiger partial charge in [0.1, 0.15) is 29.0 Å². The quantitative estimate of drug-likeness (QED) is 0.337. The molecule has 0 aliphatic carbocycles. The number of thioether (sulfide) groups is 1. The highest BCUT2D eigenvalue weighted by Gasteiger charge is 2.20. The molecule has 188 valence electrons. The molecule has 0 saturated carbocycles. The maximum Gasteiger partial charge on any atom is 0.247 e. The number of carbonyl (C=O) groups excluding carboxylic acids is 2. The fourth-order valence-electron chi connectivity index (χ4n) is 3.05. The first-order valence-electron chi connectivity index (χ1n) is 10.8. The van der Waals surface area contributed by atoms with Crippen LogP contribution in [0.3, 0.4) is 0 Å². The van der Waals surface area contributed by atoms with Crippen LogP contribution in [0, 0.1) is 12.7 Å². The zero-order valence-corrected chi connectivity index (χ0v) is 21.1. The Labute approximate surface area is 216 Å². The lowest BCUT2D eigenvalue weighted by Crippen LogP contribution is -2.25. The SMILES string of the molecule is C/C(C(=O)NCc1cnc(C)nc1N)=C(\CCO)SC(=O)c1cc(Cl)ccc1Oc1ccc(F)cc1. The minimum atomic E-state index is -0.443. The molecule has 8 nitrogen and oxygen atoms in total. The number of ether oxygens (including phenoxy) is 1.